The fraction of sp³-hybridized carbons (Fsp3) is 0.550. The third kappa shape index (κ3) is 9.20. The van der Waals surface area contributed by atoms with Crippen molar-refractivity contribution in [2.24, 2.45) is 5.92 Å². The van der Waals surface area contributed by atoms with Crippen LogP contribution in [0.1, 0.15) is 70.2 Å². The summed E-state index contributed by atoms with van der Waals surface area (Å²) in [5.74, 6) is 0.0462. The van der Waals surface area contributed by atoms with E-state index in [2.05, 4.69) is 29.8 Å². The Bertz CT molecular complexity index is 592. The Morgan fingerprint density at radius 1 is 0.846 bits per heavy atom. The SMILES string of the molecule is CC(=O)Nc1cc(NC(C)=O)cc(C(=O)NCCCCCCC(C)C)c1. The first kappa shape index (κ1) is 21.7. The second-order valence-corrected chi connectivity index (χ2v) is 7.01. The molecule has 3 N–H and O–H groups in total. The summed E-state index contributed by atoms with van der Waals surface area (Å²) < 4.78 is 0. The molecule has 0 spiro atoms. The van der Waals surface area contributed by atoms with Crippen molar-refractivity contribution in [2.75, 3.05) is 17.2 Å². The van der Waals surface area contributed by atoms with Gasteiger partial charge in [-0.3, -0.25) is 14.4 Å². The average Bonchev–Trinajstić information content (AvgIpc) is 2.51. The van der Waals surface area contributed by atoms with Crippen molar-refractivity contribution in [3.63, 3.8) is 0 Å². The summed E-state index contributed by atoms with van der Waals surface area (Å²) in [6.45, 7) is 7.85. The molecule has 26 heavy (non-hydrogen) atoms. The van der Waals surface area contributed by atoms with Gasteiger partial charge in [-0.1, -0.05) is 39.5 Å². The van der Waals surface area contributed by atoms with Crippen LogP contribution in [0.2, 0.25) is 0 Å². The van der Waals surface area contributed by atoms with Crippen LogP contribution in [0.15, 0.2) is 18.2 Å². The highest BCUT2D eigenvalue weighted by molar-refractivity contribution is 5.99. The lowest BCUT2D eigenvalue weighted by Crippen LogP contribution is -2.25. The maximum atomic E-state index is 12.4. The molecule has 0 aliphatic rings. The lowest BCUT2D eigenvalue weighted by Gasteiger charge is -2.11. The van der Waals surface area contributed by atoms with Gasteiger partial charge in [0.05, 0.1) is 0 Å². The first-order valence-electron chi connectivity index (χ1n) is 9.26. The van der Waals surface area contributed by atoms with Gasteiger partial charge in [-0.2, -0.15) is 0 Å². The Morgan fingerprint density at radius 3 is 1.88 bits per heavy atom. The van der Waals surface area contributed by atoms with Crippen LogP contribution in [0.4, 0.5) is 11.4 Å². The molecule has 1 aromatic carbocycles. The van der Waals surface area contributed by atoms with Crippen molar-refractivity contribution in [3.05, 3.63) is 23.8 Å². The number of anilines is 2. The lowest BCUT2D eigenvalue weighted by molar-refractivity contribution is -0.115. The highest BCUT2D eigenvalue weighted by atomic mass is 16.2. The van der Waals surface area contributed by atoms with Gasteiger partial charge < -0.3 is 16.0 Å². The topological polar surface area (TPSA) is 87.3 Å². The van der Waals surface area contributed by atoms with Crippen molar-refractivity contribution in [1.82, 2.24) is 5.32 Å². The van der Waals surface area contributed by atoms with Crippen LogP contribution in [-0.2, 0) is 9.59 Å². The predicted molar refractivity (Wildman–Crippen MR) is 105 cm³/mol. The van der Waals surface area contributed by atoms with Crippen LogP contribution in [0.3, 0.4) is 0 Å². The molecular formula is C20H31N3O3. The molecule has 0 radical (unpaired) electrons. The molecule has 0 saturated carbocycles. The number of carbonyl (C=O) groups is 3. The Labute approximate surface area is 156 Å². The quantitative estimate of drug-likeness (QED) is 0.552. The van der Waals surface area contributed by atoms with Gasteiger partial charge in [0.1, 0.15) is 0 Å². The number of benzene rings is 1. The molecule has 0 saturated heterocycles. The van der Waals surface area contributed by atoms with Crippen LogP contribution >= 0.6 is 0 Å². The van der Waals surface area contributed by atoms with Gasteiger partial charge in [0.25, 0.3) is 5.91 Å². The number of rotatable bonds is 10. The maximum absolute atomic E-state index is 12.4. The molecule has 0 bridgehead atoms. The highest BCUT2D eigenvalue weighted by Gasteiger charge is 2.10. The molecule has 0 aliphatic heterocycles. The summed E-state index contributed by atoms with van der Waals surface area (Å²) in [5.41, 5.74) is 1.35. The molecule has 6 heteroatoms. The van der Waals surface area contributed by atoms with Gasteiger partial charge in [-0.15, -0.1) is 0 Å². The minimum atomic E-state index is -0.238. The predicted octanol–water partition coefficient (Wildman–Crippen LogP) is 3.94. The molecule has 0 unspecified atom stereocenters. The van der Waals surface area contributed by atoms with Crippen molar-refractivity contribution < 1.29 is 14.4 Å². The summed E-state index contributed by atoms with van der Waals surface area (Å²) in [6.07, 6.45) is 5.68. The van der Waals surface area contributed by atoms with Gasteiger partial charge in [0.15, 0.2) is 0 Å². The molecule has 144 valence electrons. The van der Waals surface area contributed by atoms with Crippen molar-refractivity contribution in [1.29, 1.82) is 0 Å². The second kappa shape index (κ2) is 11.3. The van der Waals surface area contributed by atoms with Gasteiger partial charge in [0.2, 0.25) is 11.8 Å². The van der Waals surface area contributed by atoms with Crippen molar-refractivity contribution in [3.8, 4) is 0 Å². The fourth-order valence-corrected chi connectivity index (χ4v) is 2.64. The number of nitrogens with one attached hydrogen (secondary N) is 3. The molecular weight excluding hydrogens is 330 g/mol. The average molecular weight is 361 g/mol. The van der Waals surface area contributed by atoms with E-state index in [1.165, 1.54) is 33.1 Å². The summed E-state index contributed by atoms with van der Waals surface area (Å²) in [4.78, 5) is 34.9. The minimum absolute atomic E-state index is 0.217. The van der Waals surface area contributed by atoms with Crippen LogP contribution in [0, 0.1) is 5.92 Å². The standard InChI is InChI=1S/C20H31N3O3/c1-14(2)9-7-5-6-8-10-21-20(26)17-11-18(22-15(3)24)13-19(12-17)23-16(4)25/h11-14H,5-10H2,1-4H3,(H,21,26)(H,22,24)(H,23,25). The van der Waals surface area contributed by atoms with E-state index >= 15 is 0 Å². The van der Waals surface area contributed by atoms with E-state index in [0.29, 0.717) is 23.5 Å². The largest absolute Gasteiger partial charge is 0.352 e. The molecule has 6 nitrogen and oxygen atoms in total. The van der Waals surface area contributed by atoms with Gasteiger partial charge in [-0.05, 0) is 30.5 Å². The van der Waals surface area contributed by atoms with Crippen molar-refractivity contribution >= 4 is 29.1 Å². The molecule has 0 atom stereocenters. The van der Waals surface area contributed by atoms with E-state index in [0.717, 1.165) is 18.8 Å². The van der Waals surface area contributed by atoms with Gasteiger partial charge in [-0.25, -0.2) is 0 Å². The van der Waals surface area contributed by atoms with Crippen LogP contribution in [0.5, 0.6) is 0 Å². The van der Waals surface area contributed by atoms with E-state index in [-0.39, 0.29) is 17.7 Å². The molecule has 0 aromatic heterocycles. The third-order valence-electron chi connectivity index (χ3n) is 3.83. The molecule has 0 fully saturated rings. The highest BCUT2D eigenvalue weighted by Crippen LogP contribution is 2.19. The minimum Gasteiger partial charge on any atom is -0.352 e. The number of hydrogen-bond acceptors (Lipinski definition) is 3. The number of carbonyl (C=O) groups excluding carboxylic acids is 3. The maximum Gasteiger partial charge on any atom is 0.251 e. The summed E-state index contributed by atoms with van der Waals surface area (Å²) >= 11 is 0. The van der Waals surface area contributed by atoms with Crippen molar-refractivity contribution in [2.45, 2.75) is 59.8 Å². The first-order chi connectivity index (χ1) is 12.3. The Morgan fingerprint density at radius 2 is 1.38 bits per heavy atom. The molecule has 0 heterocycles. The van der Waals surface area contributed by atoms with Gasteiger partial charge >= 0.3 is 0 Å². The van der Waals surface area contributed by atoms with E-state index in [1.807, 2.05) is 0 Å². The number of hydrogen-bond donors (Lipinski definition) is 3. The first-order valence-corrected chi connectivity index (χ1v) is 9.26. The zero-order chi connectivity index (χ0) is 19.5. The van der Waals surface area contributed by atoms with E-state index in [1.54, 1.807) is 18.2 Å². The van der Waals surface area contributed by atoms with Crippen LogP contribution in [-0.4, -0.2) is 24.3 Å². The lowest BCUT2D eigenvalue weighted by atomic mass is 10.0. The Kier molecular flexibility index (Phi) is 9.41. The van der Waals surface area contributed by atoms with Crippen LogP contribution in [0.25, 0.3) is 0 Å². The molecule has 0 aliphatic carbocycles. The second-order valence-electron chi connectivity index (χ2n) is 7.01. The van der Waals surface area contributed by atoms with E-state index in [9.17, 15) is 14.4 Å². The monoisotopic (exact) mass is 361 g/mol. The molecule has 1 aromatic rings. The molecule has 3 amide bonds. The number of unbranched alkanes of at least 4 members (excludes halogenated alkanes) is 3. The summed E-state index contributed by atoms with van der Waals surface area (Å²) in [7, 11) is 0. The normalized spacial score (nSPS) is 10.5. The van der Waals surface area contributed by atoms with E-state index < -0.39 is 0 Å². The summed E-state index contributed by atoms with van der Waals surface area (Å²) in [5, 5.41) is 8.18. The van der Waals surface area contributed by atoms with E-state index in [4.69, 9.17) is 0 Å². The van der Waals surface area contributed by atoms with Gasteiger partial charge in [0, 0.05) is 37.3 Å². The smallest absolute Gasteiger partial charge is 0.251 e. The summed E-state index contributed by atoms with van der Waals surface area (Å²) in [6, 6.07) is 4.82. The number of amides is 3. The fourth-order valence-electron chi connectivity index (χ4n) is 2.64. The van der Waals surface area contributed by atoms with Crippen LogP contribution < -0.4 is 16.0 Å². The molecule has 1 rings (SSSR count). The zero-order valence-electron chi connectivity index (χ0n) is 16.3. The third-order valence-corrected chi connectivity index (χ3v) is 3.83. The Balaban J connectivity index is 2.57. The zero-order valence-corrected chi connectivity index (χ0v) is 16.3. The Hall–Kier alpha value is -2.37.